The van der Waals surface area contributed by atoms with Gasteiger partial charge in [0.2, 0.25) is 11.8 Å². The van der Waals surface area contributed by atoms with Crippen LogP contribution in [0.15, 0.2) is 59.6 Å². The summed E-state index contributed by atoms with van der Waals surface area (Å²) in [7, 11) is 0. The number of rotatable bonds is 6. The fraction of sp³-hybridized carbons (Fsp3) is 0.318. The van der Waals surface area contributed by atoms with Gasteiger partial charge in [0.25, 0.3) is 0 Å². The molecule has 2 aliphatic rings. The molecular weight excluding hydrogens is 384 g/mol. The number of guanidine groups is 1. The van der Waals surface area contributed by atoms with Crippen molar-refractivity contribution in [1.29, 1.82) is 0 Å². The van der Waals surface area contributed by atoms with Crippen molar-refractivity contribution in [3.63, 3.8) is 0 Å². The van der Waals surface area contributed by atoms with Crippen LogP contribution in [0.3, 0.4) is 0 Å². The summed E-state index contributed by atoms with van der Waals surface area (Å²) in [4.78, 5) is 29.0. The summed E-state index contributed by atoms with van der Waals surface area (Å²) in [5.74, 6) is 1.17. The van der Waals surface area contributed by atoms with Gasteiger partial charge in [-0.05, 0) is 49.2 Å². The number of benzene rings is 2. The highest BCUT2D eigenvalue weighted by atomic mass is 16.5. The molecule has 3 N–H and O–H groups in total. The van der Waals surface area contributed by atoms with Crippen LogP contribution in [0.5, 0.6) is 11.5 Å². The van der Waals surface area contributed by atoms with Crippen LogP contribution >= 0.6 is 0 Å². The standard InChI is InChI=1S/C22H24N4O4/c27-20-13-19(25-22(26-20)23-14-18-7-4-12-29-18)21(28)24-15-8-10-17(11-9-15)30-16-5-2-1-3-6-16/h1-3,5-6,8-11,18-19H,4,7,12-14H2,(H,24,28)(H2,23,25,26,27)/t18-,19+/m1/s1. The minimum absolute atomic E-state index is 0.0417. The lowest BCUT2D eigenvalue weighted by Crippen LogP contribution is -2.57. The molecule has 8 nitrogen and oxygen atoms in total. The molecule has 0 spiro atoms. The van der Waals surface area contributed by atoms with E-state index < -0.39 is 6.04 Å². The third-order valence-electron chi connectivity index (χ3n) is 4.85. The van der Waals surface area contributed by atoms with E-state index in [0.717, 1.165) is 25.2 Å². The fourth-order valence-electron chi connectivity index (χ4n) is 3.31. The zero-order valence-corrected chi connectivity index (χ0v) is 16.5. The quantitative estimate of drug-likeness (QED) is 0.682. The number of hydrogen-bond acceptors (Lipinski definition) is 5. The number of carbonyl (C=O) groups is 2. The fourth-order valence-corrected chi connectivity index (χ4v) is 3.31. The Balaban J connectivity index is 1.33. The van der Waals surface area contributed by atoms with Crippen LogP contribution in [0.4, 0.5) is 5.69 Å². The first kappa shape index (κ1) is 19.9. The van der Waals surface area contributed by atoms with Crippen LogP contribution in [0.25, 0.3) is 0 Å². The molecule has 4 rings (SSSR count). The first-order valence-corrected chi connectivity index (χ1v) is 10.0. The van der Waals surface area contributed by atoms with E-state index in [0.29, 0.717) is 23.9 Å². The number of carbonyl (C=O) groups excluding carboxylic acids is 2. The average molecular weight is 408 g/mol. The lowest BCUT2D eigenvalue weighted by Gasteiger charge is -2.25. The Morgan fingerprint density at radius 2 is 1.90 bits per heavy atom. The molecular formula is C22H24N4O4. The van der Waals surface area contributed by atoms with Gasteiger partial charge in [-0.1, -0.05) is 18.2 Å². The Bertz CT molecular complexity index is 908. The molecule has 2 saturated heterocycles. The molecule has 2 aromatic carbocycles. The maximum Gasteiger partial charge on any atom is 0.247 e. The summed E-state index contributed by atoms with van der Waals surface area (Å²) in [6.07, 6.45) is 2.09. The van der Waals surface area contributed by atoms with Crippen molar-refractivity contribution in [2.75, 3.05) is 18.5 Å². The van der Waals surface area contributed by atoms with Crippen molar-refractivity contribution < 1.29 is 19.1 Å². The molecule has 2 aromatic rings. The van der Waals surface area contributed by atoms with Crippen LogP contribution in [0.2, 0.25) is 0 Å². The first-order valence-electron chi connectivity index (χ1n) is 10.0. The number of aliphatic imine (C=N–C) groups is 1. The number of nitrogens with zero attached hydrogens (tertiary/aromatic N) is 1. The minimum atomic E-state index is -0.692. The highest BCUT2D eigenvalue weighted by Crippen LogP contribution is 2.22. The third kappa shape index (κ3) is 5.36. The molecule has 0 saturated carbocycles. The summed E-state index contributed by atoms with van der Waals surface area (Å²) >= 11 is 0. The zero-order chi connectivity index (χ0) is 20.8. The van der Waals surface area contributed by atoms with E-state index >= 15 is 0 Å². The lowest BCUT2D eigenvalue weighted by atomic mass is 10.1. The molecule has 2 aliphatic heterocycles. The predicted octanol–water partition coefficient (Wildman–Crippen LogP) is 2.43. The largest absolute Gasteiger partial charge is 0.457 e. The Labute approximate surface area is 174 Å². The second-order valence-corrected chi connectivity index (χ2v) is 7.20. The molecule has 156 valence electrons. The van der Waals surface area contributed by atoms with Crippen molar-refractivity contribution in [2.24, 2.45) is 4.99 Å². The van der Waals surface area contributed by atoms with Crippen LogP contribution in [0, 0.1) is 0 Å². The Hall–Kier alpha value is -3.39. The minimum Gasteiger partial charge on any atom is -0.457 e. The zero-order valence-electron chi connectivity index (χ0n) is 16.5. The molecule has 0 radical (unpaired) electrons. The van der Waals surface area contributed by atoms with E-state index in [1.165, 1.54) is 0 Å². The molecule has 8 heteroatoms. The van der Waals surface area contributed by atoms with Crippen LogP contribution in [0.1, 0.15) is 19.3 Å². The average Bonchev–Trinajstić information content (AvgIpc) is 3.28. The lowest BCUT2D eigenvalue weighted by molar-refractivity contribution is -0.125. The van der Waals surface area contributed by atoms with E-state index in [1.54, 1.807) is 24.3 Å². The second kappa shape index (κ2) is 9.41. The molecule has 0 aliphatic carbocycles. The summed E-state index contributed by atoms with van der Waals surface area (Å²) in [5, 5.41) is 8.49. The van der Waals surface area contributed by atoms with Crippen LogP contribution in [-0.2, 0) is 14.3 Å². The number of nitrogens with one attached hydrogen (secondary N) is 3. The Kier molecular flexibility index (Phi) is 6.24. The molecule has 30 heavy (non-hydrogen) atoms. The van der Waals surface area contributed by atoms with Gasteiger partial charge in [-0.2, -0.15) is 0 Å². The van der Waals surface area contributed by atoms with Crippen molar-refractivity contribution in [1.82, 2.24) is 10.6 Å². The van der Waals surface area contributed by atoms with E-state index in [-0.39, 0.29) is 24.3 Å². The summed E-state index contributed by atoms with van der Waals surface area (Å²) in [6, 6.07) is 15.8. The Morgan fingerprint density at radius 1 is 1.13 bits per heavy atom. The monoisotopic (exact) mass is 408 g/mol. The summed E-state index contributed by atoms with van der Waals surface area (Å²) in [5.41, 5.74) is 0.617. The number of ether oxygens (including phenoxy) is 2. The van der Waals surface area contributed by atoms with Crippen molar-refractivity contribution >= 4 is 23.5 Å². The molecule has 2 heterocycles. The normalized spacial score (nSPS) is 22.3. The van der Waals surface area contributed by atoms with E-state index in [4.69, 9.17) is 9.47 Å². The van der Waals surface area contributed by atoms with Gasteiger partial charge in [0.1, 0.15) is 17.5 Å². The van der Waals surface area contributed by atoms with Crippen molar-refractivity contribution in [3.05, 3.63) is 54.6 Å². The number of amides is 2. The van der Waals surface area contributed by atoms with Gasteiger partial charge < -0.3 is 20.1 Å². The molecule has 2 fully saturated rings. The number of anilines is 1. The van der Waals surface area contributed by atoms with Crippen LogP contribution in [-0.4, -0.2) is 43.1 Å². The van der Waals surface area contributed by atoms with Gasteiger partial charge in [-0.25, -0.2) is 0 Å². The third-order valence-corrected chi connectivity index (χ3v) is 4.85. The van der Waals surface area contributed by atoms with Crippen molar-refractivity contribution in [3.8, 4) is 11.5 Å². The highest BCUT2D eigenvalue weighted by Gasteiger charge is 2.28. The van der Waals surface area contributed by atoms with E-state index in [1.807, 2.05) is 30.3 Å². The van der Waals surface area contributed by atoms with Crippen LogP contribution < -0.4 is 20.7 Å². The van der Waals surface area contributed by atoms with Crippen molar-refractivity contribution in [2.45, 2.75) is 31.4 Å². The number of hydrogen-bond donors (Lipinski definition) is 3. The maximum atomic E-state index is 12.6. The SMILES string of the molecule is O=C1C[C@@H](C(=O)Nc2ccc(Oc3ccccc3)cc2)NC(=NC[C@H]2CCCO2)N1. The number of para-hydroxylation sites is 1. The molecule has 2 atom stereocenters. The second-order valence-electron chi connectivity index (χ2n) is 7.20. The maximum absolute atomic E-state index is 12.6. The van der Waals surface area contributed by atoms with E-state index in [9.17, 15) is 9.59 Å². The van der Waals surface area contributed by atoms with Gasteiger partial charge in [0.05, 0.1) is 19.1 Å². The van der Waals surface area contributed by atoms with Gasteiger partial charge in [0.15, 0.2) is 5.96 Å². The van der Waals surface area contributed by atoms with Gasteiger partial charge >= 0.3 is 0 Å². The van der Waals surface area contributed by atoms with Gasteiger partial charge in [-0.15, -0.1) is 0 Å². The first-order chi connectivity index (χ1) is 14.7. The molecule has 0 aromatic heterocycles. The molecule has 0 unspecified atom stereocenters. The predicted molar refractivity (Wildman–Crippen MR) is 113 cm³/mol. The molecule has 2 amide bonds. The van der Waals surface area contributed by atoms with Gasteiger partial charge in [0, 0.05) is 12.3 Å². The topological polar surface area (TPSA) is 101 Å². The summed E-state index contributed by atoms with van der Waals surface area (Å²) in [6.45, 7) is 1.20. The summed E-state index contributed by atoms with van der Waals surface area (Å²) < 4.78 is 11.3. The highest BCUT2D eigenvalue weighted by molar-refractivity contribution is 6.07. The molecule has 0 bridgehead atoms. The Morgan fingerprint density at radius 3 is 2.63 bits per heavy atom. The van der Waals surface area contributed by atoms with E-state index in [2.05, 4.69) is 20.9 Å². The smallest absolute Gasteiger partial charge is 0.247 e. The van der Waals surface area contributed by atoms with Gasteiger partial charge in [-0.3, -0.25) is 19.9 Å².